The second-order valence-electron chi connectivity index (χ2n) is 7.31. The van der Waals surface area contributed by atoms with Gasteiger partial charge in [-0.25, -0.2) is 8.42 Å². The Kier molecular flexibility index (Phi) is 6.54. The maximum absolute atomic E-state index is 13.0. The van der Waals surface area contributed by atoms with Crippen LogP contribution in [-0.4, -0.2) is 55.3 Å². The van der Waals surface area contributed by atoms with Crippen LogP contribution in [0.1, 0.15) is 36.5 Å². The number of benzene rings is 1. The van der Waals surface area contributed by atoms with Gasteiger partial charge in [-0.3, -0.25) is 9.78 Å². The van der Waals surface area contributed by atoms with Gasteiger partial charge in [0.1, 0.15) is 11.9 Å². The van der Waals surface area contributed by atoms with Gasteiger partial charge in [-0.2, -0.15) is 0 Å². The summed E-state index contributed by atoms with van der Waals surface area (Å²) in [5, 5.41) is 11.0. The molecule has 1 N–H and O–H groups in total. The summed E-state index contributed by atoms with van der Waals surface area (Å²) in [7, 11) is -1.73. The Bertz CT molecular complexity index is 959. The summed E-state index contributed by atoms with van der Waals surface area (Å²) >= 11 is 0. The Labute approximate surface area is 171 Å². The molecule has 1 aromatic heterocycles. The highest BCUT2D eigenvalue weighted by Gasteiger charge is 2.34. The van der Waals surface area contributed by atoms with Gasteiger partial charge in [0, 0.05) is 30.8 Å². The van der Waals surface area contributed by atoms with Gasteiger partial charge in [0.2, 0.25) is 5.91 Å². The summed E-state index contributed by atoms with van der Waals surface area (Å²) in [6, 6.07) is 7.69. The summed E-state index contributed by atoms with van der Waals surface area (Å²) in [6.45, 7) is 0.574. The molecule has 1 aromatic carbocycles. The highest BCUT2D eigenvalue weighted by molar-refractivity contribution is 7.90. The zero-order valence-electron chi connectivity index (χ0n) is 16.6. The van der Waals surface area contributed by atoms with E-state index in [9.17, 15) is 18.3 Å². The van der Waals surface area contributed by atoms with Crippen molar-refractivity contribution in [3.8, 4) is 5.75 Å². The van der Waals surface area contributed by atoms with E-state index in [1.54, 1.807) is 35.5 Å². The average Bonchev–Trinajstić information content (AvgIpc) is 2.73. The number of nitrogens with zero attached hydrogens (tertiary/aromatic N) is 2. The quantitative estimate of drug-likeness (QED) is 0.772. The molecular formula is C21H26N2O5S. The van der Waals surface area contributed by atoms with Gasteiger partial charge >= 0.3 is 0 Å². The number of ether oxygens (including phenoxy) is 1. The third kappa shape index (κ3) is 4.94. The maximum Gasteiger partial charge on any atom is 0.227 e. The van der Waals surface area contributed by atoms with Crippen LogP contribution in [0.15, 0.2) is 47.6 Å². The van der Waals surface area contributed by atoms with Crippen molar-refractivity contribution in [3.05, 3.63) is 53.9 Å². The van der Waals surface area contributed by atoms with Crippen LogP contribution in [0.25, 0.3) is 0 Å². The van der Waals surface area contributed by atoms with E-state index in [1.165, 1.54) is 19.2 Å². The molecule has 1 amide bonds. The largest absolute Gasteiger partial charge is 0.496 e. The maximum atomic E-state index is 13.0. The minimum Gasteiger partial charge on any atom is -0.496 e. The first-order valence-corrected chi connectivity index (χ1v) is 11.4. The summed E-state index contributed by atoms with van der Waals surface area (Å²) in [5.74, 6) is 0.450. The number of rotatable bonds is 6. The molecule has 1 aliphatic heterocycles. The lowest BCUT2D eigenvalue weighted by Crippen LogP contribution is -2.47. The molecule has 0 aliphatic carbocycles. The van der Waals surface area contributed by atoms with E-state index in [0.717, 1.165) is 24.7 Å². The smallest absolute Gasteiger partial charge is 0.227 e. The van der Waals surface area contributed by atoms with E-state index >= 15 is 0 Å². The zero-order chi connectivity index (χ0) is 21.0. The molecule has 29 heavy (non-hydrogen) atoms. The fraction of sp³-hybridized carbons (Fsp3) is 0.429. The number of methoxy groups -OCH3 is 1. The molecule has 0 radical (unpaired) electrons. The van der Waals surface area contributed by atoms with Crippen LogP contribution in [0, 0.1) is 0 Å². The number of likely N-dealkylation sites (tertiary alicyclic amines) is 1. The first-order valence-electron chi connectivity index (χ1n) is 9.55. The number of pyridine rings is 1. The lowest BCUT2D eigenvalue weighted by molar-refractivity contribution is -0.137. The number of amides is 1. The van der Waals surface area contributed by atoms with Crippen molar-refractivity contribution in [2.24, 2.45) is 0 Å². The molecule has 156 valence electrons. The van der Waals surface area contributed by atoms with E-state index in [4.69, 9.17) is 4.74 Å². The highest BCUT2D eigenvalue weighted by Crippen LogP contribution is 2.33. The summed E-state index contributed by atoms with van der Waals surface area (Å²) in [6.07, 6.45) is 6.08. The molecule has 8 heteroatoms. The van der Waals surface area contributed by atoms with Crippen LogP contribution >= 0.6 is 0 Å². The third-order valence-corrected chi connectivity index (χ3v) is 6.42. The van der Waals surface area contributed by atoms with Crippen molar-refractivity contribution in [2.75, 3.05) is 19.9 Å². The normalized spacial score (nSPS) is 18.3. The first-order chi connectivity index (χ1) is 13.8. The molecule has 2 atom stereocenters. The molecule has 2 aromatic rings. The van der Waals surface area contributed by atoms with Crippen molar-refractivity contribution in [3.63, 3.8) is 0 Å². The van der Waals surface area contributed by atoms with Crippen molar-refractivity contribution < 1.29 is 23.1 Å². The summed E-state index contributed by atoms with van der Waals surface area (Å²) < 4.78 is 28.5. The van der Waals surface area contributed by atoms with Crippen LogP contribution in [0.2, 0.25) is 0 Å². The van der Waals surface area contributed by atoms with E-state index < -0.39 is 15.9 Å². The van der Waals surface area contributed by atoms with Crippen molar-refractivity contribution in [1.29, 1.82) is 0 Å². The SMILES string of the molecule is COc1ccncc1C(O)C1CCCCN1C(=O)Cc1ccc(S(C)(=O)=O)cc1. The molecule has 0 spiro atoms. The third-order valence-electron chi connectivity index (χ3n) is 5.29. The number of carbonyl (C=O) groups is 1. The van der Waals surface area contributed by atoms with Crippen LogP contribution in [0.3, 0.4) is 0 Å². The molecule has 3 rings (SSSR count). The molecule has 0 bridgehead atoms. The molecular weight excluding hydrogens is 392 g/mol. The van der Waals surface area contributed by atoms with Gasteiger partial charge in [0.15, 0.2) is 9.84 Å². The lowest BCUT2D eigenvalue weighted by Gasteiger charge is -2.39. The van der Waals surface area contributed by atoms with E-state index in [0.29, 0.717) is 24.3 Å². The van der Waals surface area contributed by atoms with E-state index in [1.807, 2.05) is 0 Å². The molecule has 1 saturated heterocycles. The van der Waals surface area contributed by atoms with Crippen LogP contribution in [0.5, 0.6) is 5.75 Å². The monoisotopic (exact) mass is 418 g/mol. The van der Waals surface area contributed by atoms with Gasteiger partial charge in [-0.15, -0.1) is 0 Å². The zero-order valence-corrected chi connectivity index (χ0v) is 17.4. The Morgan fingerprint density at radius 2 is 2.00 bits per heavy atom. The Morgan fingerprint density at radius 1 is 1.28 bits per heavy atom. The predicted octanol–water partition coefficient (Wildman–Crippen LogP) is 2.15. The van der Waals surface area contributed by atoms with Gasteiger partial charge < -0.3 is 14.7 Å². The molecule has 1 fully saturated rings. The highest BCUT2D eigenvalue weighted by atomic mass is 32.2. The minimum absolute atomic E-state index is 0.0938. The topological polar surface area (TPSA) is 96.8 Å². The molecule has 2 unspecified atom stereocenters. The Morgan fingerprint density at radius 3 is 2.66 bits per heavy atom. The van der Waals surface area contributed by atoms with Gasteiger partial charge in [0.05, 0.1) is 24.5 Å². The summed E-state index contributed by atoms with van der Waals surface area (Å²) in [5.41, 5.74) is 1.30. The fourth-order valence-electron chi connectivity index (χ4n) is 3.74. The van der Waals surface area contributed by atoms with E-state index in [2.05, 4.69) is 4.98 Å². The number of piperidine rings is 1. The first kappa shape index (κ1) is 21.3. The van der Waals surface area contributed by atoms with Crippen molar-refractivity contribution in [2.45, 2.75) is 42.7 Å². The second-order valence-corrected chi connectivity index (χ2v) is 9.32. The predicted molar refractivity (Wildman–Crippen MR) is 108 cm³/mol. The number of carbonyl (C=O) groups excluding carboxylic acids is 1. The van der Waals surface area contributed by atoms with Crippen LogP contribution in [0.4, 0.5) is 0 Å². The van der Waals surface area contributed by atoms with Crippen molar-refractivity contribution in [1.82, 2.24) is 9.88 Å². The van der Waals surface area contributed by atoms with Gasteiger partial charge in [0.25, 0.3) is 0 Å². The molecule has 7 nitrogen and oxygen atoms in total. The Hall–Kier alpha value is -2.45. The molecule has 2 heterocycles. The standard InChI is InChI=1S/C21H26N2O5S/c1-28-19-10-11-22-14-17(19)21(25)18-5-3-4-12-23(18)20(24)13-15-6-8-16(9-7-15)29(2,26)27/h6-11,14,18,21,25H,3-5,12-13H2,1-2H3. The number of aliphatic hydroxyl groups is 1. The number of hydrogen-bond donors (Lipinski definition) is 1. The number of aromatic nitrogens is 1. The second kappa shape index (κ2) is 8.92. The minimum atomic E-state index is -3.27. The molecule has 0 saturated carbocycles. The summed E-state index contributed by atoms with van der Waals surface area (Å²) in [4.78, 5) is 19.0. The van der Waals surface area contributed by atoms with Gasteiger partial charge in [-0.05, 0) is 43.0 Å². The van der Waals surface area contributed by atoms with Crippen LogP contribution < -0.4 is 4.74 Å². The molecule has 1 aliphatic rings. The Balaban J connectivity index is 1.77. The van der Waals surface area contributed by atoms with Crippen molar-refractivity contribution >= 4 is 15.7 Å². The fourth-order valence-corrected chi connectivity index (χ4v) is 4.37. The number of hydrogen-bond acceptors (Lipinski definition) is 6. The number of sulfone groups is 1. The number of aliphatic hydroxyl groups excluding tert-OH is 1. The lowest BCUT2D eigenvalue weighted by atomic mass is 9.92. The van der Waals surface area contributed by atoms with E-state index in [-0.39, 0.29) is 23.3 Å². The van der Waals surface area contributed by atoms with Crippen LogP contribution in [-0.2, 0) is 21.1 Å². The average molecular weight is 419 g/mol. The van der Waals surface area contributed by atoms with Gasteiger partial charge in [-0.1, -0.05) is 12.1 Å².